The van der Waals surface area contributed by atoms with Gasteiger partial charge in [0, 0.05) is 43.7 Å². The van der Waals surface area contributed by atoms with Crippen molar-refractivity contribution in [2.45, 2.75) is 26.8 Å². The first-order valence-electron chi connectivity index (χ1n) is 9.63. The summed E-state index contributed by atoms with van der Waals surface area (Å²) in [7, 11) is 1.78. The number of aryl methyl sites for hydroxylation is 1. The third kappa shape index (κ3) is 5.08. The smallest absolute Gasteiger partial charge is 0.251 e. The fraction of sp³-hybridized carbons (Fsp3) is 0.208. The lowest BCUT2D eigenvalue weighted by atomic mass is 10.0. The van der Waals surface area contributed by atoms with Crippen molar-refractivity contribution >= 4 is 17.5 Å². The number of anilines is 1. The van der Waals surface area contributed by atoms with E-state index in [-0.39, 0.29) is 11.8 Å². The molecular weight excluding hydrogens is 362 g/mol. The van der Waals surface area contributed by atoms with E-state index in [1.807, 2.05) is 68.4 Å². The van der Waals surface area contributed by atoms with Crippen LogP contribution in [0.4, 0.5) is 5.69 Å². The van der Waals surface area contributed by atoms with Crippen LogP contribution < -0.4 is 10.2 Å². The molecule has 1 aromatic heterocycles. The van der Waals surface area contributed by atoms with Crippen molar-refractivity contribution in [3.63, 3.8) is 0 Å². The van der Waals surface area contributed by atoms with Gasteiger partial charge in [0.25, 0.3) is 5.91 Å². The van der Waals surface area contributed by atoms with Crippen LogP contribution in [0, 0.1) is 6.92 Å². The van der Waals surface area contributed by atoms with Crippen LogP contribution >= 0.6 is 0 Å². The van der Waals surface area contributed by atoms with E-state index in [0.29, 0.717) is 18.5 Å². The maximum Gasteiger partial charge on any atom is 0.251 e. The monoisotopic (exact) mass is 387 g/mol. The minimum Gasteiger partial charge on any atom is -0.348 e. The standard InChI is InChI=1S/C24H25N3O2/c1-4-23(28)27(3)22-11-9-20(10-12-22)19-5-7-21(8-6-19)24(29)26-16-18-13-17(2)14-25-15-18/h5-15H,4,16H2,1-3H3,(H,26,29). The third-order valence-corrected chi connectivity index (χ3v) is 4.80. The van der Waals surface area contributed by atoms with Crippen molar-refractivity contribution in [1.29, 1.82) is 0 Å². The van der Waals surface area contributed by atoms with Crippen molar-refractivity contribution < 1.29 is 9.59 Å². The van der Waals surface area contributed by atoms with E-state index in [1.54, 1.807) is 24.3 Å². The number of aromatic nitrogens is 1. The van der Waals surface area contributed by atoms with E-state index in [2.05, 4.69) is 10.3 Å². The zero-order valence-corrected chi connectivity index (χ0v) is 17.0. The zero-order valence-electron chi connectivity index (χ0n) is 17.0. The number of carbonyl (C=O) groups is 2. The number of amides is 2. The molecule has 0 bridgehead atoms. The number of nitrogens with zero attached hydrogens (tertiary/aromatic N) is 2. The van der Waals surface area contributed by atoms with Crippen molar-refractivity contribution in [3.8, 4) is 11.1 Å². The summed E-state index contributed by atoms with van der Waals surface area (Å²) in [5, 5.41) is 2.92. The molecule has 0 unspecified atom stereocenters. The first-order valence-corrected chi connectivity index (χ1v) is 9.63. The largest absolute Gasteiger partial charge is 0.348 e. The Morgan fingerprint density at radius 2 is 1.59 bits per heavy atom. The molecule has 0 radical (unpaired) electrons. The van der Waals surface area contributed by atoms with Gasteiger partial charge < -0.3 is 10.2 Å². The van der Waals surface area contributed by atoms with E-state index < -0.39 is 0 Å². The number of hydrogen-bond donors (Lipinski definition) is 1. The Labute approximate surface area is 171 Å². The Bertz CT molecular complexity index is 995. The van der Waals surface area contributed by atoms with Crippen LogP contribution in [-0.2, 0) is 11.3 Å². The van der Waals surface area contributed by atoms with Crippen LogP contribution in [0.2, 0.25) is 0 Å². The molecule has 5 heteroatoms. The van der Waals surface area contributed by atoms with Gasteiger partial charge in [-0.25, -0.2) is 0 Å². The Balaban J connectivity index is 1.65. The predicted molar refractivity (Wildman–Crippen MR) is 116 cm³/mol. The van der Waals surface area contributed by atoms with Crippen LogP contribution in [0.1, 0.15) is 34.8 Å². The molecular formula is C24H25N3O2. The predicted octanol–water partition coefficient (Wildman–Crippen LogP) is 4.36. The summed E-state index contributed by atoms with van der Waals surface area (Å²) in [4.78, 5) is 30.0. The molecule has 3 aromatic rings. The molecule has 1 N–H and O–H groups in total. The lowest BCUT2D eigenvalue weighted by Crippen LogP contribution is -2.24. The number of nitrogens with one attached hydrogen (secondary N) is 1. The maximum absolute atomic E-state index is 12.4. The molecule has 148 valence electrons. The minimum atomic E-state index is -0.117. The molecule has 0 saturated carbocycles. The molecule has 2 aromatic carbocycles. The third-order valence-electron chi connectivity index (χ3n) is 4.80. The Morgan fingerprint density at radius 3 is 2.17 bits per heavy atom. The van der Waals surface area contributed by atoms with E-state index in [0.717, 1.165) is 27.9 Å². The van der Waals surface area contributed by atoms with E-state index >= 15 is 0 Å². The molecule has 0 saturated heterocycles. The molecule has 0 fully saturated rings. The summed E-state index contributed by atoms with van der Waals surface area (Å²) >= 11 is 0. The topological polar surface area (TPSA) is 62.3 Å². The van der Waals surface area contributed by atoms with E-state index in [9.17, 15) is 9.59 Å². The van der Waals surface area contributed by atoms with Gasteiger partial charge in [0.2, 0.25) is 5.91 Å². The number of pyridine rings is 1. The number of rotatable bonds is 6. The van der Waals surface area contributed by atoms with Crippen molar-refractivity contribution in [2.24, 2.45) is 0 Å². The highest BCUT2D eigenvalue weighted by Crippen LogP contribution is 2.23. The molecule has 29 heavy (non-hydrogen) atoms. The lowest BCUT2D eigenvalue weighted by molar-refractivity contribution is -0.118. The average molecular weight is 387 g/mol. The molecule has 0 aliphatic heterocycles. The van der Waals surface area contributed by atoms with Gasteiger partial charge in [-0.15, -0.1) is 0 Å². The molecule has 2 amide bonds. The summed E-state index contributed by atoms with van der Waals surface area (Å²) in [5.41, 5.74) is 5.56. The van der Waals surface area contributed by atoms with Gasteiger partial charge in [-0.2, -0.15) is 0 Å². The van der Waals surface area contributed by atoms with Crippen LogP contribution in [-0.4, -0.2) is 23.8 Å². The van der Waals surface area contributed by atoms with Gasteiger partial charge in [0.05, 0.1) is 0 Å². The SMILES string of the molecule is CCC(=O)N(C)c1ccc(-c2ccc(C(=O)NCc3cncc(C)c3)cc2)cc1. The van der Waals surface area contributed by atoms with Gasteiger partial charge in [0.15, 0.2) is 0 Å². The highest BCUT2D eigenvalue weighted by Gasteiger charge is 2.09. The van der Waals surface area contributed by atoms with Crippen molar-refractivity contribution in [2.75, 3.05) is 11.9 Å². The fourth-order valence-electron chi connectivity index (χ4n) is 3.07. The van der Waals surface area contributed by atoms with Gasteiger partial charge in [-0.1, -0.05) is 37.3 Å². The van der Waals surface area contributed by atoms with Gasteiger partial charge in [-0.05, 0) is 53.4 Å². The molecule has 1 heterocycles. The highest BCUT2D eigenvalue weighted by molar-refractivity contribution is 5.95. The second kappa shape index (κ2) is 9.15. The summed E-state index contributed by atoms with van der Waals surface area (Å²) < 4.78 is 0. The van der Waals surface area contributed by atoms with Crippen LogP contribution in [0.3, 0.4) is 0 Å². The number of hydrogen-bond acceptors (Lipinski definition) is 3. The van der Waals surface area contributed by atoms with E-state index in [4.69, 9.17) is 0 Å². The maximum atomic E-state index is 12.4. The summed E-state index contributed by atoms with van der Waals surface area (Å²) in [6.07, 6.45) is 4.02. The molecule has 0 atom stereocenters. The van der Waals surface area contributed by atoms with Gasteiger partial charge >= 0.3 is 0 Å². The van der Waals surface area contributed by atoms with Crippen molar-refractivity contribution in [3.05, 3.63) is 83.7 Å². The molecule has 0 aliphatic rings. The number of benzene rings is 2. The van der Waals surface area contributed by atoms with Gasteiger partial charge in [-0.3, -0.25) is 14.6 Å². The van der Waals surface area contributed by atoms with Gasteiger partial charge in [0.1, 0.15) is 0 Å². The van der Waals surface area contributed by atoms with Crippen LogP contribution in [0.25, 0.3) is 11.1 Å². The zero-order chi connectivity index (χ0) is 20.8. The fourth-order valence-corrected chi connectivity index (χ4v) is 3.07. The van der Waals surface area contributed by atoms with Crippen molar-refractivity contribution in [1.82, 2.24) is 10.3 Å². The summed E-state index contributed by atoms with van der Waals surface area (Å²) in [6.45, 7) is 4.27. The summed E-state index contributed by atoms with van der Waals surface area (Å²) in [6, 6.07) is 17.3. The second-order valence-electron chi connectivity index (χ2n) is 6.98. The second-order valence-corrected chi connectivity index (χ2v) is 6.98. The normalized spacial score (nSPS) is 10.4. The number of carbonyl (C=O) groups excluding carboxylic acids is 2. The average Bonchev–Trinajstić information content (AvgIpc) is 2.76. The van der Waals surface area contributed by atoms with E-state index in [1.165, 1.54) is 0 Å². The molecule has 0 aliphatic carbocycles. The summed E-state index contributed by atoms with van der Waals surface area (Å²) in [5.74, 6) is -0.0392. The molecule has 3 rings (SSSR count). The highest BCUT2D eigenvalue weighted by atomic mass is 16.2. The quantitative estimate of drug-likeness (QED) is 0.684. The van der Waals surface area contributed by atoms with Crippen LogP contribution in [0.15, 0.2) is 67.0 Å². The lowest BCUT2D eigenvalue weighted by Gasteiger charge is -2.16. The first-order chi connectivity index (χ1) is 14.0. The minimum absolute atomic E-state index is 0.0783. The Kier molecular flexibility index (Phi) is 6.39. The molecule has 0 spiro atoms. The Morgan fingerprint density at radius 1 is 0.966 bits per heavy atom. The Hall–Kier alpha value is -3.47. The van der Waals surface area contributed by atoms with Crippen LogP contribution in [0.5, 0.6) is 0 Å². The molecule has 5 nitrogen and oxygen atoms in total. The first kappa shape index (κ1) is 20.3.